The second kappa shape index (κ2) is 61.6. The van der Waals surface area contributed by atoms with E-state index in [-0.39, 0.29) is 75.2 Å². The van der Waals surface area contributed by atoms with Crippen LogP contribution >= 0.6 is 0 Å². The van der Waals surface area contributed by atoms with Crippen LogP contribution in [0.25, 0.3) is 0 Å². The van der Waals surface area contributed by atoms with Crippen molar-refractivity contribution in [3.05, 3.63) is 157 Å². The predicted molar refractivity (Wildman–Crippen MR) is 434 cm³/mol. The minimum Gasteiger partial charge on any atom is -0.478 e. The number of hydrogen-bond acceptors (Lipinski definition) is 28. The van der Waals surface area contributed by atoms with Crippen molar-refractivity contribution in [2.45, 2.75) is 274 Å². The van der Waals surface area contributed by atoms with Gasteiger partial charge in [-0.25, -0.2) is 8.98 Å². The van der Waals surface area contributed by atoms with E-state index in [0.29, 0.717) is 32.2 Å². The summed E-state index contributed by atoms with van der Waals surface area (Å²) in [6.45, 7) is 21.2. The molecule has 0 heterocycles. The zero-order valence-corrected chi connectivity index (χ0v) is 71.3. The third kappa shape index (κ3) is 59.0. The molecule has 118 heavy (non-hydrogen) atoms. The number of Topliss-reactive ketones (excluding diaryl/α,β-unsaturated/α-hetero) is 1. The van der Waals surface area contributed by atoms with Gasteiger partial charge >= 0.3 is 82.0 Å². The van der Waals surface area contributed by atoms with E-state index in [9.17, 15) is 80.1 Å². The number of carbonyl (C=O) groups is 14. The van der Waals surface area contributed by atoms with Gasteiger partial charge in [0.15, 0.2) is 0 Å². The first-order valence-corrected chi connectivity index (χ1v) is 40.0. The van der Waals surface area contributed by atoms with Gasteiger partial charge in [0.25, 0.3) is 0 Å². The topological polar surface area (TPSA) is 436 Å². The van der Waals surface area contributed by atoms with Gasteiger partial charge in [-0.3, -0.25) is 66.9 Å². The highest BCUT2D eigenvalue weighted by Gasteiger charge is 2.35. The Morgan fingerprint density at radius 3 is 1.19 bits per heavy atom. The van der Waals surface area contributed by atoms with E-state index in [0.717, 1.165) is 41.5 Å². The lowest BCUT2D eigenvalue weighted by Crippen LogP contribution is -2.38. The van der Waals surface area contributed by atoms with Gasteiger partial charge in [0.1, 0.15) is 72.9 Å². The summed E-state index contributed by atoms with van der Waals surface area (Å²) in [4.78, 5) is 172. The number of amides is 1. The summed E-state index contributed by atoms with van der Waals surface area (Å²) in [6, 6.07) is 0. The Labute approximate surface area is 693 Å². The number of rotatable bonds is 58. The largest absolute Gasteiger partial charge is 0.478 e. The van der Waals surface area contributed by atoms with Crippen molar-refractivity contribution in [2.75, 3.05) is 6.54 Å². The van der Waals surface area contributed by atoms with Crippen LogP contribution < -0.4 is 5.32 Å². The van der Waals surface area contributed by atoms with E-state index < -0.39 is 179 Å². The Kier molecular flexibility index (Phi) is 56.0. The van der Waals surface area contributed by atoms with Crippen molar-refractivity contribution >= 4 is 93.7 Å². The van der Waals surface area contributed by atoms with E-state index in [4.69, 9.17) is 61.4 Å². The van der Waals surface area contributed by atoms with Crippen LogP contribution in [0.2, 0.25) is 0 Å². The third-order valence-corrected chi connectivity index (χ3v) is 17.0. The van der Waals surface area contributed by atoms with Gasteiger partial charge in [-0.2, -0.15) is 8.42 Å². The molecule has 656 valence electrons. The molecule has 0 fully saturated rings. The quantitative estimate of drug-likeness (QED) is 0.00968. The Balaban J connectivity index is 6.51. The average molecular weight is 1680 g/mol. The van der Waals surface area contributed by atoms with Crippen molar-refractivity contribution in [2.24, 2.45) is 17.8 Å². The normalized spacial score (nSPS) is 16.3. The molecule has 0 aliphatic rings. The SMILES string of the molecule is CC(=O)NCCCC(CC(C/C=C/C(CC(C/C=C/C(CC(CC(C/C=C/C(CC(CC(=O)C(C)C(C/C=C/C=C/C=C/C=C/C=C/C=C/C(OC(C)=O)C(C)C(OC(C)=O)C(C)/C=C/CC/C=C/C=C/C=C(\C)C(=O)O)OS(=O)(=O)O)OC(C)=O)OC(C)=O)OC(C)=O)OC(C)=O)OC(C)=O)OC(C)=O)OC(C)=O)OC(C)=O)OC(C)=O. The Morgan fingerprint density at radius 1 is 0.373 bits per heavy atom. The molecular formula is C86H121NO30S. The molecule has 15 atom stereocenters. The molecular weight excluding hydrogens is 1560 g/mol. The van der Waals surface area contributed by atoms with E-state index in [1.165, 1.54) is 97.9 Å². The van der Waals surface area contributed by atoms with Crippen LogP contribution in [0.1, 0.15) is 201 Å². The van der Waals surface area contributed by atoms with Crippen LogP contribution in [0.4, 0.5) is 0 Å². The smallest absolute Gasteiger partial charge is 0.397 e. The highest BCUT2D eigenvalue weighted by atomic mass is 32.3. The molecule has 0 bridgehead atoms. The zero-order valence-electron chi connectivity index (χ0n) is 70.4. The van der Waals surface area contributed by atoms with Gasteiger partial charge in [0.05, 0.1) is 6.10 Å². The number of unbranched alkanes of at least 4 members (excludes halogenated alkanes) is 1. The van der Waals surface area contributed by atoms with Crippen LogP contribution in [-0.2, 0) is 134 Å². The number of carbonyl (C=O) groups excluding carboxylic acids is 13. The molecule has 0 radical (unpaired) electrons. The molecule has 0 spiro atoms. The summed E-state index contributed by atoms with van der Waals surface area (Å²) in [7, 11) is -5.13. The number of carboxylic acids is 1. The Bertz CT molecular complexity index is 3770. The van der Waals surface area contributed by atoms with Gasteiger partial charge in [-0.1, -0.05) is 148 Å². The Hall–Kier alpha value is -10.7. The molecule has 0 aromatic carbocycles. The van der Waals surface area contributed by atoms with Crippen molar-refractivity contribution in [3.63, 3.8) is 0 Å². The molecule has 0 aromatic heterocycles. The van der Waals surface area contributed by atoms with Gasteiger partial charge in [0, 0.05) is 171 Å². The first-order valence-electron chi connectivity index (χ1n) is 38.7. The summed E-state index contributed by atoms with van der Waals surface area (Å²) in [5, 5.41) is 11.6. The second-order valence-corrected chi connectivity index (χ2v) is 28.6. The summed E-state index contributed by atoms with van der Waals surface area (Å²) >= 11 is 0. The average Bonchev–Trinajstić information content (AvgIpc) is 0.858. The molecule has 31 nitrogen and oxygen atoms in total. The van der Waals surface area contributed by atoms with Crippen LogP contribution in [0, 0.1) is 17.8 Å². The van der Waals surface area contributed by atoms with Crippen molar-refractivity contribution < 1.29 is 141 Å². The number of ketones is 1. The molecule has 1 amide bonds. The first-order chi connectivity index (χ1) is 55.4. The predicted octanol–water partition coefficient (Wildman–Crippen LogP) is 12.2. The first kappa shape index (κ1) is 107. The highest BCUT2D eigenvalue weighted by molar-refractivity contribution is 7.80. The molecule has 0 rings (SSSR count). The van der Waals surface area contributed by atoms with E-state index >= 15 is 0 Å². The molecule has 0 saturated heterocycles. The van der Waals surface area contributed by atoms with Crippen molar-refractivity contribution in [1.29, 1.82) is 0 Å². The molecule has 0 saturated carbocycles. The lowest BCUT2D eigenvalue weighted by molar-refractivity contribution is -0.159. The van der Waals surface area contributed by atoms with Crippen LogP contribution in [-0.4, -0.2) is 181 Å². The lowest BCUT2D eigenvalue weighted by Gasteiger charge is -2.31. The highest BCUT2D eigenvalue weighted by Crippen LogP contribution is 2.28. The number of carboxylic acid groups (broad SMARTS) is 1. The third-order valence-electron chi connectivity index (χ3n) is 16.5. The van der Waals surface area contributed by atoms with Gasteiger partial charge in [-0.15, -0.1) is 0 Å². The van der Waals surface area contributed by atoms with Crippen LogP contribution in [0.5, 0.6) is 0 Å². The van der Waals surface area contributed by atoms with E-state index in [2.05, 4.69) is 5.32 Å². The summed E-state index contributed by atoms with van der Waals surface area (Å²) in [6.07, 6.45) is 29.8. The number of aliphatic carboxylic acids is 1. The summed E-state index contributed by atoms with van der Waals surface area (Å²) in [5.74, 6) is -11.3. The molecule has 15 unspecified atom stereocenters. The zero-order chi connectivity index (χ0) is 89.3. The monoisotopic (exact) mass is 1680 g/mol. The summed E-state index contributed by atoms with van der Waals surface area (Å²) < 4.78 is 100. The van der Waals surface area contributed by atoms with Crippen molar-refractivity contribution in [1.82, 2.24) is 5.32 Å². The van der Waals surface area contributed by atoms with Crippen molar-refractivity contribution in [3.8, 4) is 0 Å². The maximum atomic E-state index is 14.0. The second-order valence-electron chi connectivity index (χ2n) is 27.6. The van der Waals surface area contributed by atoms with Gasteiger partial charge in [0.2, 0.25) is 5.91 Å². The number of hydrogen-bond donors (Lipinski definition) is 3. The van der Waals surface area contributed by atoms with E-state index in [1.807, 2.05) is 38.2 Å². The van der Waals surface area contributed by atoms with Gasteiger partial charge < -0.3 is 62.5 Å². The fraction of sp³-hybridized carbons (Fsp3) is 0.535. The molecule has 0 aromatic rings. The molecule has 0 aliphatic heterocycles. The Morgan fingerprint density at radius 2 is 0.746 bits per heavy atom. The minimum absolute atomic E-state index is 0.0453. The fourth-order valence-corrected chi connectivity index (χ4v) is 12.2. The summed E-state index contributed by atoms with van der Waals surface area (Å²) in [5.41, 5.74) is 0.217. The van der Waals surface area contributed by atoms with E-state index in [1.54, 1.807) is 85.1 Å². The lowest BCUT2D eigenvalue weighted by atomic mass is 9.88. The number of nitrogens with one attached hydrogen (secondary N) is 1. The molecule has 0 aliphatic carbocycles. The maximum Gasteiger partial charge on any atom is 0.397 e. The number of ether oxygens (including phenoxy) is 11. The maximum absolute atomic E-state index is 14.0. The molecule has 3 N–H and O–H groups in total. The van der Waals surface area contributed by atoms with Crippen LogP contribution in [0.15, 0.2) is 157 Å². The molecule has 32 heteroatoms. The number of esters is 11. The van der Waals surface area contributed by atoms with Crippen LogP contribution in [0.3, 0.4) is 0 Å². The number of allylic oxidation sites excluding steroid dienone is 16. The standard InChI is InChI=1S/C86H121NO30S/c1-57(39-31-27-23-22-24-28-32-40-58(2)86(101)102)85(116-72(16)99)60(4)83(115-71(15)98)48-33-29-25-20-18-17-19-21-26-30-34-49-84(117-118(103,104)105)59(3)82(100)56-81(114-70(14)97)55-78(111-67(11)94)46-37-45-77(110-66(10)93)54-80(113-69(13)96)53-76(109-65(9)92)44-36-43-74(107-63(7)90)51-73(106-62(6)89)41-35-42-75(108-64(8)91)52-79(112-68(12)95)47-38-50-87-61(5)88/h17-22,24-26,28-37,39-41,44,46,48,57,59-60,73-81,83-85H,23,27,38,42-43,45,47,49-56H2,1-16H3,(H,87,88)(H,101,102)(H,103,104,105)/b19-17+,20-18+,24-22+,26-21+,29-25+,32-28+,34-30+,39-31+,41-35+,44-36+,46-37+,48-33+,58-40+. The fourth-order valence-electron chi connectivity index (χ4n) is 11.6. The van der Waals surface area contributed by atoms with Gasteiger partial charge in [-0.05, 0) is 63.3 Å². The minimum atomic E-state index is -5.13.